The van der Waals surface area contributed by atoms with Crippen molar-refractivity contribution in [3.63, 3.8) is 0 Å². The molecule has 1 heterocycles. The number of carbonyl (C=O) groups is 3. The summed E-state index contributed by atoms with van der Waals surface area (Å²) in [6.07, 6.45) is -5.10. The number of amides is 1. The van der Waals surface area contributed by atoms with Gasteiger partial charge in [-0.05, 0) is 25.1 Å². The molecule has 260 valence electrons. The van der Waals surface area contributed by atoms with Gasteiger partial charge in [0.15, 0.2) is 12.1 Å². The van der Waals surface area contributed by atoms with E-state index in [0.29, 0.717) is 0 Å². The summed E-state index contributed by atoms with van der Waals surface area (Å²) in [7, 11) is 1.33. The number of aromatic hydroxyl groups is 2. The van der Waals surface area contributed by atoms with Gasteiger partial charge in [0.2, 0.25) is 5.78 Å². The van der Waals surface area contributed by atoms with Crippen molar-refractivity contribution < 1.29 is 54.1 Å². The number of aliphatic hydroxyl groups excluding tert-OH is 2. The third kappa shape index (κ3) is 6.16. The molecule has 1 saturated heterocycles. The first-order valence-electron chi connectivity index (χ1n) is 15.3. The fourth-order valence-corrected chi connectivity index (χ4v) is 6.67. The van der Waals surface area contributed by atoms with Crippen molar-refractivity contribution in [1.29, 1.82) is 0 Å². The molecule has 6 atom stereocenters. The van der Waals surface area contributed by atoms with E-state index in [-0.39, 0.29) is 58.1 Å². The van der Waals surface area contributed by atoms with Gasteiger partial charge >= 0.3 is 0 Å². The zero-order valence-corrected chi connectivity index (χ0v) is 27.3. The highest BCUT2D eigenvalue weighted by atomic mass is 35.5. The fraction of sp³-hybridized carbons (Fsp3) is 0.353. The minimum atomic E-state index is -2.13. The molecule has 2 aliphatic carbocycles. The first-order valence-corrected chi connectivity index (χ1v) is 15.3. The molecular weight excluding hydrogens is 662 g/mol. The number of nitrogens with two attached hydrogens (primary N) is 1. The lowest BCUT2D eigenvalue weighted by atomic mass is 9.71. The van der Waals surface area contributed by atoms with Gasteiger partial charge in [-0.2, -0.15) is 5.10 Å². The molecule has 14 nitrogen and oxygen atoms in total. The van der Waals surface area contributed by atoms with Gasteiger partial charge in [0, 0.05) is 47.6 Å². The van der Waals surface area contributed by atoms with Gasteiger partial charge in [-0.25, -0.2) is 5.43 Å². The van der Waals surface area contributed by atoms with Crippen molar-refractivity contribution >= 4 is 35.6 Å². The largest absolute Gasteiger partial charge is 0.507 e. The Kier molecular flexibility index (Phi) is 10.1. The Labute approximate surface area is 286 Å². The van der Waals surface area contributed by atoms with E-state index in [2.05, 4.69) is 10.5 Å². The molecule has 4 unspecified atom stereocenters. The first-order chi connectivity index (χ1) is 22.9. The maximum Gasteiger partial charge on any atom is 0.271 e. The van der Waals surface area contributed by atoms with Crippen LogP contribution in [0.1, 0.15) is 79.2 Å². The minimum Gasteiger partial charge on any atom is -0.507 e. The third-order valence-corrected chi connectivity index (χ3v) is 9.16. The van der Waals surface area contributed by atoms with Crippen LogP contribution in [-0.2, 0) is 15.9 Å². The molecule has 1 fully saturated rings. The Morgan fingerprint density at radius 3 is 2.41 bits per heavy atom. The highest BCUT2D eigenvalue weighted by Crippen LogP contribution is 2.52. The van der Waals surface area contributed by atoms with Gasteiger partial charge in [-0.15, -0.1) is 12.4 Å². The van der Waals surface area contributed by atoms with Crippen LogP contribution >= 0.6 is 12.4 Å². The number of hydrogen-bond donors (Lipinski definition) is 7. The summed E-state index contributed by atoms with van der Waals surface area (Å²) in [6.45, 7) is 0.746. The maximum absolute atomic E-state index is 13.9. The smallest absolute Gasteiger partial charge is 0.271 e. The molecule has 15 heteroatoms. The van der Waals surface area contributed by atoms with E-state index >= 15 is 0 Å². The summed E-state index contributed by atoms with van der Waals surface area (Å²) in [5, 5.41) is 60.2. The molecule has 8 N–H and O–H groups in total. The number of ether oxygens (including phenoxy) is 3. The van der Waals surface area contributed by atoms with Gasteiger partial charge < -0.3 is 45.5 Å². The average molecular weight is 698 g/mol. The number of rotatable bonds is 7. The van der Waals surface area contributed by atoms with Crippen molar-refractivity contribution in [3.05, 3.63) is 87.5 Å². The number of aliphatic hydroxyl groups is 3. The number of benzene rings is 3. The van der Waals surface area contributed by atoms with Crippen molar-refractivity contribution in [1.82, 2.24) is 5.43 Å². The van der Waals surface area contributed by atoms with Crippen LogP contribution in [-0.4, -0.2) is 92.6 Å². The standard InChI is InChI=1S/C34H35N3O11.ClH/c1-15-28(39)19(35)11-23(47-15)48-21-13-34(45,22(14-38)36-37-33(44)16-7-4-3-5-8-16)12-18-25(21)32(43)27-26(30(18)41)29(40)17-9-6-10-20(46-2)24(17)31(27)42;/h3-10,15,19,21,23,28,38-39,41,43,45H,11-14,35H2,1-2H3,(H,37,44);1H/t15?,19?,21-,23?,28?,34-;/m0./s1. The van der Waals surface area contributed by atoms with Crippen LogP contribution in [0.4, 0.5) is 0 Å². The lowest BCUT2D eigenvalue weighted by Gasteiger charge is -2.43. The number of carbonyl (C=O) groups excluding carboxylic acids is 3. The second kappa shape index (κ2) is 13.8. The number of nitrogens with zero attached hydrogens (tertiary/aromatic N) is 1. The zero-order chi connectivity index (χ0) is 34.5. The quantitative estimate of drug-likeness (QED) is 0.0830. The van der Waals surface area contributed by atoms with E-state index in [9.17, 15) is 39.9 Å². The van der Waals surface area contributed by atoms with Gasteiger partial charge in [0.25, 0.3) is 5.91 Å². The van der Waals surface area contributed by atoms with Crippen LogP contribution in [0.3, 0.4) is 0 Å². The van der Waals surface area contributed by atoms with E-state index in [0.717, 1.165) is 0 Å². The van der Waals surface area contributed by atoms with Crippen LogP contribution in [0.15, 0.2) is 53.6 Å². The number of hydrogen-bond acceptors (Lipinski definition) is 13. The Morgan fingerprint density at radius 2 is 1.76 bits per heavy atom. The number of phenolic OH excluding ortho intramolecular Hbond substituents is 2. The monoisotopic (exact) mass is 697 g/mol. The second-order valence-electron chi connectivity index (χ2n) is 12.1. The number of fused-ring (bicyclic) bond motifs is 3. The molecule has 3 aromatic rings. The number of ketones is 2. The fourth-order valence-electron chi connectivity index (χ4n) is 6.67. The SMILES string of the molecule is COc1cccc2c1C(=O)c1c(O)c3c(c(O)c1C2=O)C[C@@](O)(C(CO)=NNC(=O)c1ccccc1)C[C@@H]3OC1CC(N)C(O)C(C)O1.Cl. The normalized spacial score (nSPS) is 26.2. The summed E-state index contributed by atoms with van der Waals surface area (Å²) in [5.41, 5.74) is 4.90. The van der Waals surface area contributed by atoms with Crippen LogP contribution in [0, 0.1) is 0 Å². The van der Waals surface area contributed by atoms with Gasteiger partial charge in [0.05, 0.1) is 54.4 Å². The third-order valence-electron chi connectivity index (χ3n) is 9.16. The minimum absolute atomic E-state index is 0. The highest BCUT2D eigenvalue weighted by Gasteiger charge is 2.49. The number of methoxy groups -OCH3 is 1. The molecule has 0 spiro atoms. The van der Waals surface area contributed by atoms with Crippen LogP contribution in [0.2, 0.25) is 0 Å². The highest BCUT2D eigenvalue weighted by molar-refractivity contribution is 6.31. The summed E-state index contributed by atoms with van der Waals surface area (Å²) >= 11 is 0. The van der Waals surface area contributed by atoms with Crippen LogP contribution in [0.5, 0.6) is 17.2 Å². The predicted octanol–water partition coefficient (Wildman–Crippen LogP) is 1.64. The van der Waals surface area contributed by atoms with E-state index in [1.807, 2.05) is 0 Å². The van der Waals surface area contributed by atoms with Crippen molar-refractivity contribution in [2.75, 3.05) is 13.7 Å². The molecular formula is C34H36ClN3O11. The van der Waals surface area contributed by atoms with E-state index in [4.69, 9.17) is 19.9 Å². The predicted molar refractivity (Wildman–Crippen MR) is 175 cm³/mol. The summed E-state index contributed by atoms with van der Waals surface area (Å²) in [4.78, 5) is 40.4. The van der Waals surface area contributed by atoms with Crippen LogP contribution < -0.4 is 15.9 Å². The summed E-state index contributed by atoms with van der Waals surface area (Å²) < 4.78 is 17.4. The number of nitrogens with one attached hydrogen (secondary N) is 1. The number of phenols is 2. The number of hydrazone groups is 1. The van der Waals surface area contributed by atoms with Crippen molar-refractivity contribution in [2.24, 2.45) is 10.8 Å². The Balaban J connectivity index is 0.00000468. The zero-order valence-electron chi connectivity index (χ0n) is 26.5. The number of halogens is 1. The molecule has 0 saturated carbocycles. The molecule has 3 aliphatic rings. The lowest BCUT2D eigenvalue weighted by molar-refractivity contribution is -0.245. The van der Waals surface area contributed by atoms with E-state index < -0.39 is 95.8 Å². The van der Waals surface area contributed by atoms with Crippen molar-refractivity contribution in [3.8, 4) is 17.2 Å². The second-order valence-corrected chi connectivity index (χ2v) is 12.1. The summed E-state index contributed by atoms with van der Waals surface area (Å²) in [6, 6.07) is 11.7. The summed E-state index contributed by atoms with van der Waals surface area (Å²) in [5.74, 6) is -3.43. The maximum atomic E-state index is 13.9. The van der Waals surface area contributed by atoms with Crippen molar-refractivity contribution in [2.45, 2.75) is 62.4 Å². The lowest BCUT2D eigenvalue weighted by Crippen LogP contribution is -2.53. The first kappa shape index (κ1) is 35.9. The van der Waals surface area contributed by atoms with Crippen LogP contribution in [0.25, 0.3) is 0 Å². The molecule has 1 aliphatic heterocycles. The molecule has 3 aromatic carbocycles. The van der Waals surface area contributed by atoms with Gasteiger partial charge in [0.1, 0.15) is 22.8 Å². The Morgan fingerprint density at radius 1 is 1.06 bits per heavy atom. The van der Waals surface area contributed by atoms with Gasteiger partial charge in [-0.1, -0.05) is 30.3 Å². The molecule has 6 rings (SSSR count). The Hall–Kier alpha value is -4.41. The average Bonchev–Trinajstić information content (AvgIpc) is 3.07. The molecule has 0 aromatic heterocycles. The Bertz CT molecular complexity index is 1820. The molecule has 1 amide bonds. The molecule has 0 radical (unpaired) electrons. The van der Waals surface area contributed by atoms with Gasteiger partial charge in [-0.3, -0.25) is 14.4 Å². The van der Waals surface area contributed by atoms with E-state index in [1.54, 1.807) is 37.3 Å². The topological polar surface area (TPSA) is 230 Å². The molecule has 49 heavy (non-hydrogen) atoms. The molecule has 0 bridgehead atoms. The van der Waals surface area contributed by atoms with E-state index in [1.165, 1.54) is 25.3 Å².